The number of nitrogens with zero attached hydrogens (tertiary/aromatic N) is 3. The van der Waals surface area contributed by atoms with Crippen molar-refractivity contribution in [1.29, 1.82) is 0 Å². The van der Waals surface area contributed by atoms with Crippen LogP contribution in [0, 0.1) is 5.92 Å². The van der Waals surface area contributed by atoms with Crippen molar-refractivity contribution in [2.75, 3.05) is 5.32 Å². The summed E-state index contributed by atoms with van der Waals surface area (Å²) in [6.45, 7) is 2.20. The van der Waals surface area contributed by atoms with Gasteiger partial charge in [0.2, 0.25) is 0 Å². The monoisotopic (exact) mass is 374 g/mol. The molecule has 1 aromatic carbocycles. The van der Waals surface area contributed by atoms with Crippen LogP contribution in [0.5, 0.6) is 0 Å². The molecule has 0 saturated heterocycles. The minimum Gasteiger partial charge on any atom is -0.321 e. The van der Waals surface area contributed by atoms with E-state index in [1.165, 1.54) is 6.07 Å². The van der Waals surface area contributed by atoms with Crippen LogP contribution in [0.4, 0.5) is 18.9 Å². The van der Waals surface area contributed by atoms with Crippen molar-refractivity contribution in [2.45, 2.75) is 32.0 Å². The summed E-state index contributed by atoms with van der Waals surface area (Å²) < 4.78 is 40.2. The van der Waals surface area contributed by atoms with Crippen LogP contribution in [0.3, 0.4) is 0 Å². The van der Waals surface area contributed by atoms with Gasteiger partial charge in [-0.25, -0.2) is 4.98 Å². The topological polar surface area (TPSA) is 59.8 Å². The highest BCUT2D eigenvalue weighted by atomic mass is 19.4. The highest BCUT2D eigenvalue weighted by Gasteiger charge is 2.33. The van der Waals surface area contributed by atoms with Crippen molar-refractivity contribution >= 4 is 22.5 Å². The van der Waals surface area contributed by atoms with Gasteiger partial charge in [-0.15, -0.1) is 0 Å². The molecule has 1 saturated carbocycles. The number of alkyl halides is 3. The molecule has 1 fully saturated rings. The number of amides is 1. The van der Waals surface area contributed by atoms with E-state index in [-0.39, 0.29) is 5.69 Å². The maximum Gasteiger partial charge on any atom is 0.433 e. The first-order valence-corrected chi connectivity index (χ1v) is 8.64. The second-order valence-corrected chi connectivity index (χ2v) is 6.97. The molecule has 5 nitrogen and oxygen atoms in total. The van der Waals surface area contributed by atoms with Crippen LogP contribution >= 0.6 is 0 Å². The van der Waals surface area contributed by atoms with Crippen LogP contribution in [0.1, 0.15) is 42.0 Å². The fourth-order valence-corrected chi connectivity index (χ4v) is 3.30. The normalized spacial score (nSPS) is 19.7. The van der Waals surface area contributed by atoms with Crippen LogP contribution in [0.25, 0.3) is 10.9 Å². The van der Waals surface area contributed by atoms with Crippen LogP contribution in [0.15, 0.2) is 42.6 Å². The van der Waals surface area contributed by atoms with Crippen molar-refractivity contribution in [3.05, 3.63) is 54.0 Å². The lowest BCUT2D eigenvalue weighted by Crippen LogP contribution is -2.24. The fourth-order valence-electron chi connectivity index (χ4n) is 3.30. The third-order valence-electron chi connectivity index (χ3n) is 4.78. The molecule has 0 spiro atoms. The number of halogens is 3. The lowest BCUT2D eigenvalue weighted by atomic mass is 9.82. The highest BCUT2D eigenvalue weighted by Crippen LogP contribution is 2.37. The molecule has 1 N–H and O–H groups in total. The molecule has 1 amide bonds. The van der Waals surface area contributed by atoms with Crippen molar-refractivity contribution in [3.63, 3.8) is 0 Å². The Morgan fingerprint density at radius 3 is 2.70 bits per heavy atom. The first-order valence-electron chi connectivity index (χ1n) is 8.64. The lowest BCUT2D eigenvalue weighted by Gasteiger charge is -2.32. The smallest absolute Gasteiger partial charge is 0.321 e. The number of benzene rings is 1. The number of pyridine rings is 1. The standard InChI is InChI=1S/C19H17F3N4O/c1-11-7-14(8-11)26-10-12-9-13(5-6-15(12)25-26)23-18(27)16-3-2-4-17(24-16)19(20,21)22/h2-6,9-11,14H,7-8H2,1H3,(H,23,27). The van der Waals surface area contributed by atoms with Crippen molar-refractivity contribution in [2.24, 2.45) is 5.92 Å². The molecule has 0 atom stereocenters. The average molecular weight is 374 g/mol. The van der Waals surface area contributed by atoms with Gasteiger partial charge in [0, 0.05) is 17.3 Å². The summed E-state index contributed by atoms with van der Waals surface area (Å²) in [4.78, 5) is 15.7. The molecule has 0 bridgehead atoms. The van der Waals surface area contributed by atoms with Crippen LogP contribution in [-0.4, -0.2) is 20.7 Å². The molecule has 1 aliphatic carbocycles. The molecule has 2 aromatic heterocycles. The summed E-state index contributed by atoms with van der Waals surface area (Å²) in [5.41, 5.74) is -0.0938. The zero-order valence-corrected chi connectivity index (χ0v) is 14.5. The number of hydrogen-bond acceptors (Lipinski definition) is 3. The molecule has 0 radical (unpaired) electrons. The minimum atomic E-state index is -4.59. The van der Waals surface area contributed by atoms with Gasteiger partial charge in [0.1, 0.15) is 11.4 Å². The molecule has 8 heteroatoms. The van der Waals surface area contributed by atoms with Crippen molar-refractivity contribution in [3.8, 4) is 0 Å². The Morgan fingerprint density at radius 2 is 2.00 bits per heavy atom. The number of aromatic nitrogens is 3. The Bertz CT molecular complexity index is 1010. The van der Waals surface area contributed by atoms with Crippen LogP contribution in [0.2, 0.25) is 0 Å². The summed E-state index contributed by atoms with van der Waals surface area (Å²) in [6, 6.07) is 8.86. The quantitative estimate of drug-likeness (QED) is 0.725. The maximum absolute atomic E-state index is 12.8. The van der Waals surface area contributed by atoms with Crippen molar-refractivity contribution < 1.29 is 18.0 Å². The second-order valence-electron chi connectivity index (χ2n) is 6.97. The Labute approximate surface area is 153 Å². The number of carbonyl (C=O) groups is 1. The second kappa shape index (κ2) is 6.37. The Hall–Kier alpha value is -2.90. The lowest BCUT2D eigenvalue weighted by molar-refractivity contribution is -0.141. The van der Waals surface area contributed by atoms with E-state index < -0.39 is 17.8 Å². The molecule has 2 heterocycles. The third-order valence-corrected chi connectivity index (χ3v) is 4.78. The van der Waals surface area contributed by atoms with Gasteiger partial charge in [0.05, 0.1) is 11.6 Å². The molecule has 27 heavy (non-hydrogen) atoms. The van der Waals surface area contributed by atoms with Crippen molar-refractivity contribution in [1.82, 2.24) is 14.8 Å². The van der Waals surface area contributed by atoms with E-state index in [9.17, 15) is 18.0 Å². The number of nitrogens with one attached hydrogen (secondary N) is 1. The van der Waals surface area contributed by atoms with E-state index in [4.69, 9.17) is 0 Å². The van der Waals surface area contributed by atoms with Gasteiger partial charge in [0.25, 0.3) is 5.91 Å². The molecule has 0 aliphatic heterocycles. The molecule has 140 valence electrons. The van der Waals surface area contributed by atoms with Crippen LogP contribution < -0.4 is 5.32 Å². The molecule has 0 unspecified atom stereocenters. The summed E-state index contributed by atoms with van der Waals surface area (Å²) in [7, 11) is 0. The average Bonchev–Trinajstić information content (AvgIpc) is 3.01. The first-order chi connectivity index (χ1) is 12.8. The SMILES string of the molecule is CC1CC(n2cc3cc(NC(=O)c4cccc(C(F)(F)F)n4)ccc3n2)C1. The van der Waals surface area contributed by atoms with Gasteiger partial charge in [-0.1, -0.05) is 13.0 Å². The fraction of sp³-hybridized carbons (Fsp3) is 0.316. The third kappa shape index (κ3) is 3.51. The van der Waals surface area contributed by atoms with Crippen LogP contribution in [-0.2, 0) is 6.18 Å². The van der Waals surface area contributed by atoms with Gasteiger partial charge >= 0.3 is 6.18 Å². The maximum atomic E-state index is 12.8. The van der Waals surface area contributed by atoms with Gasteiger partial charge in [-0.2, -0.15) is 18.3 Å². The molecule has 1 aliphatic rings. The number of carbonyl (C=O) groups excluding carboxylic acids is 1. The first kappa shape index (κ1) is 17.5. The van der Waals surface area contributed by atoms with Gasteiger partial charge in [-0.3, -0.25) is 9.48 Å². The number of rotatable bonds is 3. The summed E-state index contributed by atoms with van der Waals surface area (Å²) in [6.07, 6.45) is -0.468. The van der Waals surface area contributed by atoms with E-state index in [0.29, 0.717) is 17.6 Å². The minimum absolute atomic E-state index is 0.288. The number of fused-ring (bicyclic) bond motifs is 1. The molecular weight excluding hydrogens is 357 g/mol. The Balaban J connectivity index is 1.53. The number of hydrogen-bond donors (Lipinski definition) is 1. The van der Waals surface area contributed by atoms with Gasteiger partial charge < -0.3 is 5.32 Å². The summed E-state index contributed by atoms with van der Waals surface area (Å²) in [5, 5.41) is 8.01. The van der Waals surface area contributed by atoms with E-state index in [0.717, 1.165) is 35.9 Å². The van der Waals surface area contributed by atoms with E-state index in [1.807, 2.05) is 10.9 Å². The summed E-state index contributed by atoms with van der Waals surface area (Å²) >= 11 is 0. The zero-order chi connectivity index (χ0) is 19.2. The van der Waals surface area contributed by atoms with Gasteiger partial charge in [-0.05, 0) is 49.1 Å². The van der Waals surface area contributed by atoms with Gasteiger partial charge in [0.15, 0.2) is 0 Å². The predicted octanol–water partition coefficient (Wildman–Crippen LogP) is 4.67. The Morgan fingerprint density at radius 1 is 1.22 bits per heavy atom. The Kier molecular flexibility index (Phi) is 4.13. The summed E-state index contributed by atoms with van der Waals surface area (Å²) in [5.74, 6) is 0.0118. The van der Waals surface area contributed by atoms with E-state index in [1.54, 1.807) is 18.2 Å². The largest absolute Gasteiger partial charge is 0.433 e. The zero-order valence-electron chi connectivity index (χ0n) is 14.5. The predicted molar refractivity (Wildman–Crippen MR) is 94.4 cm³/mol. The van der Waals surface area contributed by atoms with E-state index >= 15 is 0 Å². The van der Waals surface area contributed by atoms with E-state index in [2.05, 4.69) is 22.3 Å². The molecular formula is C19H17F3N4O. The highest BCUT2D eigenvalue weighted by molar-refractivity contribution is 6.03. The molecule has 3 aromatic rings. The molecule has 4 rings (SSSR count). The number of anilines is 1.